The SMILES string of the molecule is COc1ccc(C(c2c[nH]c3cc(C)ccc23)C(C(=O)c2ccccc2)c2ccccc2)cc1. The highest BCUT2D eigenvalue weighted by Crippen LogP contribution is 2.43. The summed E-state index contributed by atoms with van der Waals surface area (Å²) in [5.74, 6) is 0.326. The Labute approximate surface area is 200 Å². The number of hydrogen-bond donors (Lipinski definition) is 1. The van der Waals surface area contributed by atoms with Crippen molar-refractivity contribution in [3.8, 4) is 5.75 Å². The normalized spacial score (nSPS) is 12.9. The number of carbonyl (C=O) groups is 1. The van der Waals surface area contributed by atoms with E-state index in [1.165, 1.54) is 5.56 Å². The molecule has 2 atom stereocenters. The summed E-state index contributed by atoms with van der Waals surface area (Å²) in [4.78, 5) is 17.6. The summed E-state index contributed by atoms with van der Waals surface area (Å²) in [6.45, 7) is 2.09. The first-order chi connectivity index (χ1) is 16.7. The number of ketones is 1. The Balaban J connectivity index is 1.75. The van der Waals surface area contributed by atoms with Gasteiger partial charge in [0.25, 0.3) is 0 Å². The quantitative estimate of drug-likeness (QED) is 0.267. The van der Waals surface area contributed by atoms with Gasteiger partial charge >= 0.3 is 0 Å². The van der Waals surface area contributed by atoms with Crippen molar-refractivity contribution in [2.24, 2.45) is 0 Å². The average molecular weight is 446 g/mol. The molecule has 1 heterocycles. The van der Waals surface area contributed by atoms with Gasteiger partial charge in [-0.2, -0.15) is 0 Å². The summed E-state index contributed by atoms with van der Waals surface area (Å²) in [6, 6.07) is 34.2. The number of aromatic nitrogens is 1. The number of H-pyrrole nitrogens is 1. The van der Waals surface area contributed by atoms with E-state index in [0.717, 1.165) is 33.3 Å². The predicted molar refractivity (Wildman–Crippen MR) is 138 cm³/mol. The molecule has 2 unspecified atom stereocenters. The number of carbonyl (C=O) groups excluding carboxylic acids is 1. The van der Waals surface area contributed by atoms with Crippen molar-refractivity contribution in [3.63, 3.8) is 0 Å². The minimum absolute atomic E-state index is 0.106. The molecule has 0 aliphatic rings. The van der Waals surface area contributed by atoms with E-state index in [1.807, 2.05) is 60.7 Å². The zero-order valence-corrected chi connectivity index (χ0v) is 19.4. The summed E-state index contributed by atoms with van der Waals surface area (Å²) < 4.78 is 5.41. The van der Waals surface area contributed by atoms with Gasteiger partial charge < -0.3 is 9.72 Å². The first kappa shape index (κ1) is 21.7. The monoisotopic (exact) mass is 445 g/mol. The largest absolute Gasteiger partial charge is 0.497 e. The molecule has 5 aromatic rings. The molecule has 0 radical (unpaired) electrons. The van der Waals surface area contributed by atoms with Crippen molar-refractivity contribution in [2.75, 3.05) is 7.11 Å². The fourth-order valence-corrected chi connectivity index (χ4v) is 4.82. The van der Waals surface area contributed by atoms with Gasteiger partial charge in [0.1, 0.15) is 5.75 Å². The van der Waals surface area contributed by atoms with E-state index in [0.29, 0.717) is 5.56 Å². The van der Waals surface area contributed by atoms with Gasteiger partial charge in [-0.1, -0.05) is 84.9 Å². The summed E-state index contributed by atoms with van der Waals surface area (Å²) in [6.07, 6.45) is 2.06. The Morgan fingerprint density at radius 2 is 1.47 bits per heavy atom. The van der Waals surface area contributed by atoms with E-state index in [-0.39, 0.29) is 11.7 Å². The lowest BCUT2D eigenvalue weighted by Crippen LogP contribution is -2.22. The Kier molecular flexibility index (Phi) is 6.01. The van der Waals surface area contributed by atoms with Crippen LogP contribution in [0.2, 0.25) is 0 Å². The molecule has 0 bridgehead atoms. The van der Waals surface area contributed by atoms with Crippen LogP contribution in [0, 0.1) is 6.92 Å². The maximum atomic E-state index is 14.1. The maximum absolute atomic E-state index is 14.1. The molecule has 34 heavy (non-hydrogen) atoms. The highest BCUT2D eigenvalue weighted by molar-refractivity contribution is 6.02. The van der Waals surface area contributed by atoms with Crippen molar-refractivity contribution in [1.29, 1.82) is 0 Å². The van der Waals surface area contributed by atoms with Gasteiger partial charge in [-0.3, -0.25) is 4.79 Å². The molecule has 1 N–H and O–H groups in total. The van der Waals surface area contributed by atoms with Gasteiger partial charge in [0.15, 0.2) is 5.78 Å². The summed E-state index contributed by atoms with van der Waals surface area (Å²) >= 11 is 0. The lowest BCUT2D eigenvalue weighted by atomic mass is 9.73. The van der Waals surface area contributed by atoms with Gasteiger partial charge in [-0.15, -0.1) is 0 Å². The number of aryl methyl sites for hydroxylation is 1. The van der Waals surface area contributed by atoms with Crippen LogP contribution in [-0.2, 0) is 0 Å². The summed E-state index contributed by atoms with van der Waals surface area (Å²) in [5, 5.41) is 1.13. The first-order valence-corrected chi connectivity index (χ1v) is 11.5. The van der Waals surface area contributed by atoms with Crippen LogP contribution in [-0.4, -0.2) is 17.9 Å². The minimum Gasteiger partial charge on any atom is -0.497 e. The van der Waals surface area contributed by atoms with Crippen LogP contribution in [0.15, 0.2) is 109 Å². The number of nitrogens with one attached hydrogen (secondary N) is 1. The third-order valence-corrected chi connectivity index (χ3v) is 6.51. The molecule has 0 spiro atoms. The molecule has 0 aliphatic heterocycles. The van der Waals surface area contributed by atoms with Gasteiger partial charge in [-0.25, -0.2) is 0 Å². The van der Waals surface area contributed by atoms with E-state index in [9.17, 15) is 4.79 Å². The molecule has 4 aromatic carbocycles. The number of rotatable bonds is 7. The molecule has 0 saturated carbocycles. The van der Waals surface area contributed by atoms with Gasteiger partial charge in [-0.05, 0) is 47.4 Å². The Morgan fingerprint density at radius 3 is 2.15 bits per heavy atom. The predicted octanol–water partition coefficient (Wildman–Crippen LogP) is 7.28. The van der Waals surface area contributed by atoms with Crippen molar-refractivity contribution >= 4 is 16.7 Å². The number of fused-ring (bicyclic) bond motifs is 1. The Hall–Kier alpha value is -4.11. The highest BCUT2D eigenvalue weighted by atomic mass is 16.5. The van der Waals surface area contributed by atoms with Crippen LogP contribution in [0.3, 0.4) is 0 Å². The number of aromatic amines is 1. The fourth-order valence-electron chi connectivity index (χ4n) is 4.82. The molecule has 168 valence electrons. The van der Waals surface area contributed by atoms with Gasteiger partial charge in [0, 0.05) is 28.6 Å². The molecule has 3 nitrogen and oxygen atoms in total. The highest BCUT2D eigenvalue weighted by Gasteiger charge is 2.34. The molecule has 1 aromatic heterocycles. The zero-order valence-electron chi connectivity index (χ0n) is 19.4. The second-order valence-electron chi connectivity index (χ2n) is 8.66. The first-order valence-electron chi connectivity index (χ1n) is 11.5. The van der Waals surface area contributed by atoms with Crippen LogP contribution >= 0.6 is 0 Å². The lowest BCUT2D eigenvalue weighted by Gasteiger charge is -2.28. The van der Waals surface area contributed by atoms with Crippen LogP contribution < -0.4 is 4.74 Å². The lowest BCUT2D eigenvalue weighted by molar-refractivity contribution is 0.0952. The number of methoxy groups -OCH3 is 1. The van der Waals surface area contributed by atoms with E-state index >= 15 is 0 Å². The second-order valence-corrected chi connectivity index (χ2v) is 8.66. The molecule has 3 heteroatoms. The third-order valence-electron chi connectivity index (χ3n) is 6.51. The van der Waals surface area contributed by atoms with Crippen LogP contribution in [0.5, 0.6) is 5.75 Å². The maximum Gasteiger partial charge on any atom is 0.171 e. The second kappa shape index (κ2) is 9.40. The molecular formula is C31H27NO2. The molecule has 5 rings (SSSR count). The number of Topliss-reactive ketones (excluding diaryl/α,β-unsaturated/α-hetero) is 1. The Morgan fingerprint density at radius 1 is 0.794 bits per heavy atom. The summed E-state index contributed by atoms with van der Waals surface area (Å²) in [5.41, 5.74) is 6.16. The van der Waals surface area contributed by atoms with Crippen LogP contribution in [0.4, 0.5) is 0 Å². The smallest absolute Gasteiger partial charge is 0.171 e. The van der Waals surface area contributed by atoms with Crippen LogP contribution in [0.25, 0.3) is 10.9 Å². The fraction of sp³-hybridized carbons (Fsp3) is 0.129. The minimum atomic E-state index is -0.391. The molecular weight excluding hydrogens is 418 g/mol. The van der Waals surface area contributed by atoms with E-state index in [1.54, 1.807) is 7.11 Å². The van der Waals surface area contributed by atoms with Crippen molar-refractivity contribution in [2.45, 2.75) is 18.8 Å². The Bertz CT molecular complexity index is 1400. The average Bonchev–Trinajstić information content (AvgIpc) is 3.30. The molecule has 0 aliphatic carbocycles. The topological polar surface area (TPSA) is 42.1 Å². The number of hydrogen-bond acceptors (Lipinski definition) is 2. The van der Waals surface area contributed by atoms with E-state index < -0.39 is 5.92 Å². The van der Waals surface area contributed by atoms with Crippen molar-refractivity contribution in [3.05, 3.63) is 137 Å². The van der Waals surface area contributed by atoms with Gasteiger partial charge in [0.2, 0.25) is 0 Å². The van der Waals surface area contributed by atoms with Gasteiger partial charge in [0.05, 0.1) is 13.0 Å². The summed E-state index contributed by atoms with van der Waals surface area (Å²) in [7, 11) is 1.67. The number of benzene rings is 4. The van der Waals surface area contributed by atoms with E-state index in [2.05, 4.69) is 60.6 Å². The molecule has 0 fully saturated rings. The molecule has 0 saturated heterocycles. The van der Waals surface area contributed by atoms with Crippen LogP contribution in [0.1, 0.15) is 44.4 Å². The third kappa shape index (κ3) is 4.13. The zero-order chi connectivity index (χ0) is 23.5. The van der Waals surface area contributed by atoms with Crippen molar-refractivity contribution in [1.82, 2.24) is 4.98 Å². The van der Waals surface area contributed by atoms with E-state index in [4.69, 9.17) is 4.74 Å². The number of ether oxygens (including phenoxy) is 1. The standard InChI is InChI=1S/C31H27NO2/c1-21-13-18-26-27(20-32-28(26)19-21)29(23-14-16-25(34-2)17-15-23)30(22-9-5-3-6-10-22)31(33)24-11-7-4-8-12-24/h3-20,29-30,32H,1-2H3. The van der Waals surface area contributed by atoms with Crippen molar-refractivity contribution < 1.29 is 9.53 Å². The molecule has 0 amide bonds.